The Bertz CT molecular complexity index is 286. The van der Waals surface area contributed by atoms with Gasteiger partial charge in [0.25, 0.3) is 0 Å². The lowest BCUT2D eigenvalue weighted by atomic mass is 10.0. The highest BCUT2D eigenvalue weighted by Crippen LogP contribution is 2.14. The minimum absolute atomic E-state index is 0.324. The van der Waals surface area contributed by atoms with Gasteiger partial charge in [0.2, 0.25) is 11.8 Å². The summed E-state index contributed by atoms with van der Waals surface area (Å²) in [5, 5.41) is 0. The fourth-order valence-electron chi connectivity index (χ4n) is 1.15. The standard InChI is InChI=1S/C10H14FNO/c1-7(2)6-8-4-5-9(13-3)12-10(8)11/h4-5,7H,6H2,1-3H3. The fourth-order valence-corrected chi connectivity index (χ4v) is 1.15. The van der Waals surface area contributed by atoms with Gasteiger partial charge in [-0.2, -0.15) is 9.37 Å². The molecule has 0 aliphatic heterocycles. The Labute approximate surface area is 77.8 Å². The van der Waals surface area contributed by atoms with E-state index in [-0.39, 0.29) is 0 Å². The van der Waals surface area contributed by atoms with Crippen LogP contribution in [-0.4, -0.2) is 12.1 Å². The third kappa shape index (κ3) is 2.68. The summed E-state index contributed by atoms with van der Waals surface area (Å²) in [6, 6.07) is 3.40. The second-order valence-electron chi connectivity index (χ2n) is 3.40. The Morgan fingerprint density at radius 2 is 2.15 bits per heavy atom. The molecule has 1 rings (SSSR count). The van der Waals surface area contributed by atoms with E-state index in [2.05, 4.69) is 4.98 Å². The van der Waals surface area contributed by atoms with Gasteiger partial charge in [-0.1, -0.05) is 13.8 Å². The molecule has 0 fully saturated rings. The molecule has 0 amide bonds. The lowest BCUT2D eigenvalue weighted by molar-refractivity contribution is 0.385. The number of nitrogens with zero attached hydrogens (tertiary/aromatic N) is 1. The topological polar surface area (TPSA) is 22.1 Å². The highest BCUT2D eigenvalue weighted by Gasteiger charge is 2.06. The van der Waals surface area contributed by atoms with E-state index in [9.17, 15) is 4.39 Å². The Balaban J connectivity index is 2.85. The van der Waals surface area contributed by atoms with E-state index in [1.165, 1.54) is 7.11 Å². The molecule has 0 spiro atoms. The SMILES string of the molecule is COc1ccc(CC(C)C)c(F)n1. The number of halogens is 1. The van der Waals surface area contributed by atoms with Crippen molar-refractivity contribution in [3.63, 3.8) is 0 Å². The van der Waals surface area contributed by atoms with Gasteiger partial charge in [0, 0.05) is 11.6 Å². The maximum Gasteiger partial charge on any atom is 0.219 e. The van der Waals surface area contributed by atoms with E-state index in [0.29, 0.717) is 23.8 Å². The van der Waals surface area contributed by atoms with Crippen LogP contribution in [0.3, 0.4) is 0 Å². The molecule has 2 nitrogen and oxygen atoms in total. The van der Waals surface area contributed by atoms with Gasteiger partial charge < -0.3 is 4.74 Å². The first-order valence-electron chi connectivity index (χ1n) is 4.33. The summed E-state index contributed by atoms with van der Waals surface area (Å²) in [4.78, 5) is 3.66. The average Bonchev–Trinajstić information content (AvgIpc) is 2.08. The predicted octanol–water partition coefficient (Wildman–Crippen LogP) is 2.43. The van der Waals surface area contributed by atoms with Crippen molar-refractivity contribution in [1.29, 1.82) is 0 Å². The van der Waals surface area contributed by atoms with E-state index in [1.807, 2.05) is 13.8 Å². The van der Waals surface area contributed by atoms with E-state index in [4.69, 9.17) is 4.74 Å². The Hall–Kier alpha value is -1.12. The molecule has 0 unspecified atom stereocenters. The molecule has 1 aromatic rings. The third-order valence-electron chi connectivity index (χ3n) is 1.74. The molecule has 0 radical (unpaired) electrons. The maximum atomic E-state index is 13.2. The van der Waals surface area contributed by atoms with Crippen molar-refractivity contribution in [3.8, 4) is 5.88 Å². The van der Waals surface area contributed by atoms with Gasteiger partial charge in [0.15, 0.2) is 0 Å². The average molecular weight is 183 g/mol. The molecule has 0 aliphatic carbocycles. The van der Waals surface area contributed by atoms with Gasteiger partial charge in [-0.15, -0.1) is 0 Å². The van der Waals surface area contributed by atoms with Crippen LogP contribution in [0.15, 0.2) is 12.1 Å². The van der Waals surface area contributed by atoms with Crippen LogP contribution in [0.1, 0.15) is 19.4 Å². The number of ether oxygens (including phenoxy) is 1. The number of hydrogen-bond acceptors (Lipinski definition) is 2. The molecule has 1 heterocycles. The van der Waals surface area contributed by atoms with Crippen LogP contribution in [0.4, 0.5) is 4.39 Å². The van der Waals surface area contributed by atoms with Gasteiger partial charge in [0.1, 0.15) is 0 Å². The molecular formula is C10H14FNO. The molecule has 0 saturated heterocycles. The van der Waals surface area contributed by atoms with Crippen molar-refractivity contribution in [1.82, 2.24) is 4.98 Å². The van der Waals surface area contributed by atoms with Gasteiger partial charge in [-0.25, -0.2) is 0 Å². The number of rotatable bonds is 3. The molecule has 0 N–H and O–H groups in total. The van der Waals surface area contributed by atoms with E-state index in [0.717, 1.165) is 0 Å². The predicted molar refractivity (Wildman–Crippen MR) is 49.3 cm³/mol. The molecule has 0 aromatic carbocycles. The van der Waals surface area contributed by atoms with Crippen LogP contribution in [0.25, 0.3) is 0 Å². The van der Waals surface area contributed by atoms with Crippen LogP contribution in [0.2, 0.25) is 0 Å². The molecule has 0 bridgehead atoms. The number of pyridine rings is 1. The Morgan fingerprint density at radius 3 is 2.62 bits per heavy atom. The Kier molecular flexibility index (Phi) is 3.23. The Morgan fingerprint density at radius 1 is 1.46 bits per heavy atom. The summed E-state index contributed by atoms with van der Waals surface area (Å²) in [5.41, 5.74) is 0.649. The molecular weight excluding hydrogens is 169 g/mol. The summed E-state index contributed by atoms with van der Waals surface area (Å²) in [6.45, 7) is 4.09. The lowest BCUT2D eigenvalue weighted by Crippen LogP contribution is -2.00. The second-order valence-corrected chi connectivity index (χ2v) is 3.40. The quantitative estimate of drug-likeness (QED) is 0.671. The molecule has 0 aliphatic rings. The molecule has 1 aromatic heterocycles. The fraction of sp³-hybridized carbons (Fsp3) is 0.500. The first-order chi connectivity index (χ1) is 6.13. The van der Waals surface area contributed by atoms with Crippen molar-refractivity contribution >= 4 is 0 Å². The lowest BCUT2D eigenvalue weighted by Gasteiger charge is -2.06. The second kappa shape index (κ2) is 4.21. The first kappa shape index (κ1) is 9.96. The highest BCUT2D eigenvalue weighted by atomic mass is 19.1. The van der Waals surface area contributed by atoms with Gasteiger partial charge in [-0.05, 0) is 18.4 Å². The van der Waals surface area contributed by atoms with Crippen molar-refractivity contribution < 1.29 is 9.13 Å². The largest absolute Gasteiger partial charge is 0.481 e. The normalized spacial score (nSPS) is 10.5. The van der Waals surface area contributed by atoms with Crippen molar-refractivity contribution in [2.24, 2.45) is 5.92 Å². The minimum atomic E-state index is -0.423. The summed E-state index contributed by atoms with van der Waals surface area (Å²) in [7, 11) is 1.48. The summed E-state index contributed by atoms with van der Waals surface area (Å²) in [5.74, 6) is 0.336. The molecule has 0 atom stereocenters. The van der Waals surface area contributed by atoms with E-state index < -0.39 is 5.95 Å². The van der Waals surface area contributed by atoms with Gasteiger partial charge in [0.05, 0.1) is 7.11 Å². The number of hydrogen-bond donors (Lipinski definition) is 0. The molecule has 0 saturated carbocycles. The molecule has 3 heteroatoms. The number of aromatic nitrogens is 1. The summed E-state index contributed by atoms with van der Waals surface area (Å²) in [6.07, 6.45) is 0.711. The first-order valence-corrected chi connectivity index (χ1v) is 4.33. The zero-order valence-corrected chi connectivity index (χ0v) is 8.17. The van der Waals surface area contributed by atoms with Gasteiger partial charge in [-0.3, -0.25) is 0 Å². The van der Waals surface area contributed by atoms with E-state index >= 15 is 0 Å². The van der Waals surface area contributed by atoms with E-state index in [1.54, 1.807) is 12.1 Å². The minimum Gasteiger partial charge on any atom is -0.481 e. The monoisotopic (exact) mass is 183 g/mol. The smallest absolute Gasteiger partial charge is 0.219 e. The molecule has 72 valence electrons. The maximum absolute atomic E-state index is 13.2. The van der Waals surface area contributed by atoms with Crippen LogP contribution < -0.4 is 4.74 Å². The van der Waals surface area contributed by atoms with Crippen molar-refractivity contribution in [3.05, 3.63) is 23.6 Å². The van der Waals surface area contributed by atoms with Crippen molar-refractivity contribution in [2.45, 2.75) is 20.3 Å². The molecule has 13 heavy (non-hydrogen) atoms. The zero-order valence-electron chi connectivity index (χ0n) is 8.17. The summed E-state index contributed by atoms with van der Waals surface area (Å²) >= 11 is 0. The summed E-state index contributed by atoms with van der Waals surface area (Å²) < 4.78 is 18.0. The zero-order chi connectivity index (χ0) is 9.84. The van der Waals surface area contributed by atoms with Crippen LogP contribution in [0.5, 0.6) is 5.88 Å². The van der Waals surface area contributed by atoms with Crippen LogP contribution >= 0.6 is 0 Å². The van der Waals surface area contributed by atoms with Gasteiger partial charge >= 0.3 is 0 Å². The van der Waals surface area contributed by atoms with Crippen LogP contribution in [0, 0.1) is 11.9 Å². The highest BCUT2D eigenvalue weighted by molar-refractivity contribution is 5.19. The van der Waals surface area contributed by atoms with Crippen molar-refractivity contribution in [2.75, 3.05) is 7.11 Å². The third-order valence-corrected chi connectivity index (χ3v) is 1.74. The van der Waals surface area contributed by atoms with Crippen LogP contribution in [-0.2, 0) is 6.42 Å². The number of methoxy groups -OCH3 is 1.